The second-order valence-corrected chi connectivity index (χ2v) is 4.99. The quantitative estimate of drug-likeness (QED) is 0.739. The second-order valence-electron chi connectivity index (χ2n) is 4.61. The van der Waals surface area contributed by atoms with Gasteiger partial charge in [-0.15, -0.1) is 0 Å². The fourth-order valence-electron chi connectivity index (χ4n) is 1.97. The molecule has 0 fully saturated rings. The van der Waals surface area contributed by atoms with Crippen LogP contribution in [0.1, 0.15) is 5.56 Å². The van der Waals surface area contributed by atoms with E-state index in [4.69, 9.17) is 21.6 Å². The summed E-state index contributed by atoms with van der Waals surface area (Å²) in [4.78, 5) is 12.3. The molecule has 23 heavy (non-hydrogen) atoms. The van der Waals surface area contributed by atoms with Crippen molar-refractivity contribution in [3.05, 3.63) is 81.7 Å². The molecule has 0 radical (unpaired) electrons. The van der Waals surface area contributed by atoms with Gasteiger partial charge in [-0.3, -0.25) is 4.79 Å². The Balaban J connectivity index is 1.94. The van der Waals surface area contributed by atoms with Gasteiger partial charge >= 0.3 is 0 Å². The van der Waals surface area contributed by atoms with E-state index in [0.29, 0.717) is 17.0 Å². The van der Waals surface area contributed by atoms with E-state index in [0.717, 1.165) is 0 Å². The minimum atomic E-state index is -0.469. The first-order valence-electron chi connectivity index (χ1n) is 6.70. The van der Waals surface area contributed by atoms with E-state index in [1.165, 1.54) is 10.9 Å². The maximum atomic E-state index is 12.3. The molecule has 2 aromatic carbocycles. The zero-order chi connectivity index (χ0) is 16.2. The van der Waals surface area contributed by atoms with Gasteiger partial charge in [0.25, 0.3) is 5.56 Å². The number of para-hydroxylation sites is 1. The van der Waals surface area contributed by atoms with Gasteiger partial charge < -0.3 is 4.74 Å². The average Bonchev–Trinajstić information content (AvgIpc) is 2.60. The summed E-state index contributed by atoms with van der Waals surface area (Å²) in [5.74, 6) is 0.623. The number of nitrogens with zero attached hydrogens (tertiary/aromatic N) is 3. The van der Waals surface area contributed by atoms with Crippen molar-refractivity contribution in [1.82, 2.24) is 9.78 Å². The zero-order valence-corrected chi connectivity index (χ0v) is 12.6. The summed E-state index contributed by atoms with van der Waals surface area (Å²) in [6.07, 6.45) is 1.38. The molecule has 1 heterocycles. The van der Waals surface area contributed by atoms with Crippen LogP contribution in [-0.4, -0.2) is 9.78 Å². The predicted octanol–water partition coefficient (Wildman–Crippen LogP) is 3.55. The Morgan fingerprint density at radius 2 is 1.78 bits per heavy atom. The van der Waals surface area contributed by atoms with E-state index >= 15 is 0 Å². The van der Waals surface area contributed by atoms with Crippen LogP contribution in [0.3, 0.4) is 0 Å². The van der Waals surface area contributed by atoms with Crippen LogP contribution in [0, 0.1) is 11.3 Å². The zero-order valence-electron chi connectivity index (χ0n) is 11.8. The van der Waals surface area contributed by atoms with Gasteiger partial charge in [-0.1, -0.05) is 29.8 Å². The lowest BCUT2D eigenvalue weighted by atomic mass is 10.2. The van der Waals surface area contributed by atoms with Crippen molar-refractivity contribution in [3.8, 4) is 23.3 Å². The predicted molar refractivity (Wildman–Crippen MR) is 86.1 cm³/mol. The summed E-state index contributed by atoms with van der Waals surface area (Å²) in [5, 5.41) is 12.8. The summed E-state index contributed by atoms with van der Waals surface area (Å²) in [6.45, 7) is 0. The van der Waals surface area contributed by atoms with Crippen molar-refractivity contribution >= 4 is 11.6 Å². The van der Waals surface area contributed by atoms with Crippen LogP contribution < -0.4 is 10.3 Å². The Bertz CT molecular complexity index is 929. The molecule has 0 unspecified atom stereocenters. The molecule has 5 nitrogen and oxygen atoms in total. The van der Waals surface area contributed by atoms with Crippen molar-refractivity contribution in [1.29, 1.82) is 5.26 Å². The molecule has 112 valence electrons. The lowest BCUT2D eigenvalue weighted by Crippen LogP contribution is -2.21. The molecule has 0 saturated carbocycles. The smallest absolute Gasteiger partial charge is 0.294 e. The molecule has 1 aromatic heterocycles. The van der Waals surface area contributed by atoms with Crippen LogP contribution in [0.25, 0.3) is 5.69 Å². The number of hydrogen-bond acceptors (Lipinski definition) is 4. The first kappa shape index (κ1) is 14.8. The van der Waals surface area contributed by atoms with Gasteiger partial charge in [-0.2, -0.15) is 15.0 Å². The van der Waals surface area contributed by atoms with E-state index < -0.39 is 5.56 Å². The van der Waals surface area contributed by atoms with Gasteiger partial charge in [0.1, 0.15) is 5.75 Å². The Hall–Kier alpha value is -3.10. The highest BCUT2D eigenvalue weighted by molar-refractivity contribution is 6.31. The minimum Gasteiger partial charge on any atom is -0.454 e. The third-order valence-electron chi connectivity index (χ3n) is 3.10. The van der Waals surface area contributed by atoms with Gasteiger partial charge in [-0.25, -0.2) is 0 Å². The van der Waals surface area contributed by atoms with Gasteiger partial charge in [0, 0.05) is 0 Å². The fourth-order valence-corrected chi connectivity index (χ4v) is 2.13. The molecule has 0 bridgehead atoms. The number of aromatic nitrogens is 2. The SMILES string of the molecule is N#Cc1ccc(Oc2cnn(-c3ccccc3)c(=O)c2Cl)cc1. The van der Waals surface area contributed by atoms with E-state index in [1.807, 2.05) is 12.1 Å². The fraction of sp³-hybridized carbons (Fsp3) is 0. The van der Waals surface area contributed by atoms with Crippen LogP contribution >= 0.6 is 11.6 Å². The molecule has 0 amide bonds. The van der Waals surface area contributed by atoms with Crippen LogP contribution in [-0.2, 0) is 0 Å². The first-order valence-corrected chi connectivity index (χ1v) is 7.08. The normalized spacial score (nSPS) is 10.1. The number of benzene rings is 2. The summed E-state index contributed by atoms with van der Waals surface area (Å²) < 4.78 is 6.77. The van der Waals surface area contributed by atoms with Crippen LogP contribution in [0.5, 0.6) is 11.5 Å². The van der Waals surface area contributed by atoms with Crippen molar-refractivity contribution < 1.29 is 4.74 Å². The largest absolute Gasteiger partial charge is 0.454 e. The van der Waals surface area contributed by atoms with E-state index in [2.05, 4.69) is 5.10 Å². The van der Waals surface area contributed by atoms with Crippen molar-refractivity contribution in [3.63, 3.8) is 0 Å². The summed E-state index contributed by atoms with van der Waals surface area (Å²) in [7, 11) is 0. The number of hydrogen-bond donors (Lipinski definition) is 0. The first-order chi connectivity index (χ1) is 11.2. The van der Waals surface area contributed by atoms with Crippen molar-refractivity contribution in [2.75, 3.05) is 0 Å². The molecule has 0 atom stereocenters. The van der Waals surface area contributed by atoms with Crippen LogP contribution in [0.2, 0.25) is 5.02 Å². The lowest BCUT2D eigenvalue weighted by molar-refractivity contribution is 0.475. The lowest BCUT2D eigenvalue weighted by Gasteiger charge is -2.09. The Labute approximate surface area is 136 Å². The van der Waals surface area contributed by atoms with Gasteiger partial charge in [-0.05, 0) is 36.4 Å². The molecule has 0 spiro atoms. The van der Waals surface area contributed by atoms with Crippen LogP contribution in [0.4, 0.5) is 0 Å². The topological polar surface area (TPSA) is 67.9 Å². The third-order valence-corrected chi connectivity index (χ3v) is 3.45. The molecule has 6 heteroatoms. The molecule has 3 rings (SSSR count). The maximum Gasteiger partial charge on any atom is 0.294 e. The highest BCUT2D eigenvalue weighted by Crippen LogP contribution is 2.26. The van der Waals surface area contributed by atoms with Gasteiger partial charge in [0.15, 0.2) is 10.8 Å². The molecular weight excluding hydrogens is 314 g/mol. The summed E-state index contributed by atoms with van der Waals surface area (Å²) in [5.41, 5.74) is 0.661. The second kappa shape index (κ2) is 6.34. The molecule has 0 aliphatic rings. The molecule has 0 N–H and O–H groups in total. The van der Waals surface area contributed by atoms with Crippen molar-refractivity contribution in [2.24, 2.45) is 0 Å². The van der Waals surface area contributed by atoms with E-state index in [9.17, 15) is 4.79 Å². The minimum absolute atomic E-state index is 0.0618. The van der Waals surface area contributed by atoms with Gasteiger partial charge in [0.2, 0.25) is 0 Å². The standard InChI is InChI=1S/C17H10ClN3O2/c18-16-15(23-14-8-6-12(10-19)7-9-14)11-20-21(17(16)22)13-4-2-1-3-5-13/h1-9,11H. The Morgan fingerprint density at radius 1 is 1.09 bits per heavy atom. The molecule has 3 aromatic rings. The van der Waals surface area contributed by atoms with E-state index in [1.54, 1.807) is 48.5 Å². The van der Waals surface area contributed by atoms with Crippen LogP contribution in [0.15, 0.2) is 65.6 Å². The highest BCUT2D eigenvalue weighted by Gasteiger charge is 2.12. The number of ether oxygens (including phenoxy) is 1. The third kappa shape index (κ3) is 3.07. The molecule has 0 aliphatic heterocycles. The number of rotatable bonds is 3. The summed E-state index contributed by atoms with van der Waals surface area (Å²) in [6, 6.07) is 17.5. The Morgan fingerprint density at radius 3 is 2.43 bits per heavy atom. The monoisotopic (exact) mass is 323 g/mol. The summed E-state index contributed by atoms with van der Waals surface area (Å²) >= 11 is 6.11. The number of halogens is 1. The molecule has 0 saturated heterocycles. The molecule has 0 aliphatic carbocycles. The highest BCUT2D eigenvalue weighted by atomic mass is 35.5. The van der Waals surface area contributed by atoms with Gasteiger partial charge in [0.05, 0.1) is 23.5 Å². The van der Waals surface area contributed by atoms with E-state index in [-0.39, 0.29) is 10.8 Å². The number of nitriles is 1. The maximum absolute atomic E-state index is 12.3. The van der Waals surface area contributed by atoms with Crippen molar-refractivity contribution in [2.45, 2.75) is 0 Å². The Kier molecular flexibility index (Phi) is 4.09. The molecular formula is C17H10ClN3O2. The average molecular weight is 324 g/mol.